The number of nitrogen functional groups attached to an aromatic ring is 1. The zero-order valence-corrected chi connectivity index (χ0v) is 8.41. The molecule has 1 aromatic heterocycles. The van der Waals surface area contributed by atoms with Crippen LogP contribution < -0.4 is 10.6 Å². The number of pyridine rings is 1. The van der Waals surface area contributed by atoms with Gasteiger partial charge >= 0.3 is 6.18 Å². The maximum Gasteiger partial charge on any atom is 0.405 e. The number of nitrogens with zero attached hydrogens (tertiary/aromatic N) is 3. The largest absolute Gasteiger partial charge is 0.405 e. The molecule has 0 saturated carbocycles. The van der Waals surface area contributed by atoms with Gasteiger partial charge in [-0.3, -0.25) is 0 Å². The van der Waals surface area contributed by atoms with E-state index in [1.165, 1.54) is 19.3 Å². The number of nitriles is 1. The van der Waals surface area contributed by atoms with Crippen LogP contribution in [-0.4, -0.2) is 24.8 Å². The van der Waals surface area contributed by atoms with Crippen LogP contribution in [0, 0.1) is 11.3 Å². The molecule has 1 heterocycles. The molecule has 16 heavy (non-hydrogen) atoms. The van der Waals surface area contributed by atoms with Gasteiger partial charge in [-0.05, 0) is 6.07 Å². The molecule has 0 aliphatic rings. The maximum atomic E-state index is 12.1. The molecule has 0 spiro atoms. The molecule has 86 valence electrons. The van der Waals surface area contributed by atoms with Gasteiger partial charge < -0.3 is 10.6 Å². The summed E-state index contributed by atoms with van der Waals surface area (Å²) in [5.74, 6) is -0.0450. The predicted molar refractivity (Wildman–Crippen MR) is 52.7 cm³/mol. The third kappa shape index (κ3) is 2.76. The molecule has 7 heteroatoms. The number of nitrogens with two attached hydrogens (primary N) is 1. The molecule has 0 unspecified atom stereocenters. The minimum atomic E-state index is -4.34. The van der Waals surface area contributed by atoms with E-state index in [1.807, 2.05) is 0 Å². The number of alkyl halides is 3. The Hall–Kier alpha value is -1.97. The third-order valence-electron chi connectivity index (χ3n) is 1.87. The Balaban J connectivity index is 3.01. The molecule has 0 saturated heterocycles. The van der Waals surface area contributed by atoms with Crippen molar-refractivity contribution in [3.8, 4) is 6.07 Å². The number of halogens is 3. The van der Waals surface area contributed by atoms with Crippen LogP contribution in [0.2, 0.25) is 0 Å². The topological polar surface area (TPSA) is 65.9 Å². The van der Waals surface area contributed by atoms with E-state index in [2.05, 4.69) is 4.98 Å². The minimum Gasteiger partial charge on any atom is -0.395 e. The smallest absolute Gasteiger partial charge is 0.395 e. The van der Waals surface area contributed by atoms with Crippen molar-refractivity contribution in [3.63, 3.8) is 0 Å². The zero-order valence-electron chi connectivity index (χ0n) is 8.41. The molecule has 4 nitrogen and oxygen atoms in total. The number of rotatable bonds is 2. The Bertz CT molecular complexity index is 422. The lowest BCUT2D eigenvalue weighted by Gasteiger charge is -2.21. The first-order valence-corrected chi connectivity index (χ1v) is 4.27. The van der Waals surface area contributed by atoms with Gasteiger partial charge in [-0.15, -0.1) is 0 Å². The molecule has 0 bridgehead atoms. The molecule has 0 amide bonds. The summed E-state index contributed by atoms with van der Waals surface area (Å²) in [7, 11) is 1.22. The van der Waals surface area contributed by atoms with Crippen LogP contribution >= 0.6 is 0 Å². The van der Waals surface area contributed by atoms with E-state index in [9.17, 15) is 13.2 Å². The molecule has 0 aliphatic heterocycles. The van der Waals surface area contributed by atoms with Crippen LogP contribution in [0.1, 0.15) is 5.56 Å². The van der Waals surface area contributed by atoms with Crippen molar-refractivity contribution < 1.29 is 13.2 Å². The van der Waals surface area contributed by atoms with Gasteiger partial charge in [0.1, 0.15) is 12.6 Å². The first-order chi connectivity index (χ1) is 7.35. The molecule has 0 fully saturated rings. The summed E-state index contributed by atoms with van der Waals surface area (Å²) in [4.78, 5) is 4.58. The summed E-state index contributed by atoms with van der Waals surface area (Å²) in [5, 5.41) is 8.66. The Kier molecular flexibility index (Phi) is 3.22. The van der Waals surface area contributed by atoms with E-state index >= 15 is 0 Å². The van der Waals surface area contributed by atoms with Crippen molar-refractivity contribution >= 4 is 11.5 Å². The molecule has 1 aromatic rings. The van der Waals surface area contributed by atoms with Gasteiger partial charge in [0, 0.05) is 13.2 Å². The number of aromatic nitrogens is 1. The molecular weight excluding hydrogens is 221 g/mol. The van der Waals surface area contributed by atoms with E-state index < -0.39 is 12.7 Å². The summed E-state index contributed by atoms with van der Waals surface area (Å²) in [5.41, 5.74) is 5.59. The van der Waals surface area contributed by atoms with Gasteiger partial charge in [-0.2, -0.15) is 18.4 Å². The van der Waals surface area contributed by atoms with Crippen molar-refractivity contribution in [2.45, 2.75) is 6.18 Å². The van der Waals surface area contributed by atoms with Crippen molar-refractivity contribution in [1.29, 1.82) is 5.26 Å². The highest BCUT2D eigenvalue weighted by molar-refractivity contribution is 5.69. The Labute approximate surface area is 90.1 Å². The fourth-order valence-electron chi connectivity index (χ4n) is 1.21. The van der Waals surface area contributed by atoms with Crippen molar-refractivity contribution in [2.75, 3.05) is 24.2 Å². The van der Waals surface area contributed by atoms with Gasteiger partial charge in [0.05, 0.1) is 11.3 Å². The highest BCUT2D eigenvalue weighted by atomic mass is 19.4. The molecule has 1 rings (SSSR count). The Morgan fingerprint density at radius 3 is 2.69 bits per heavy atom. The third-order valence-corrected chi connectivity index (χ3v) is 1.87. The second-order valence-corrected chi connectivity index (χ2v) is 3.18. The molecule has 0 aliphatic carbocycles. The van der Waals surface area contributed by atoms with Crippen LogP contribution in [0.4, 0.5) is 24.7 Å². The van der Waals surface area contributed by atoms with Gasteiger partial charge in [0.2, 0.25) is 0 Å². The SMILES string of the molecule is CN(CC(F)(F)F)c1nccc(C#N)c1N. The van der Waals surface area contributed by atoms with Crippen LogP contribution in [-0.2, 0) is 0 Å². The Morgan fingerprint density at radius 2 is 2.19 bits per heavy atom. The molecule has 0 radical (unpaired) electrons. The Morgan fingerprint density at radius 1 is 1.56 bits per heavy atom. The summed E-state index contributed by atoms with van der Waals surface area (Å²) >= 11 is 0. The average molecular weight is 230 g/mol. The highest BCUT2D eigenvalue weighted by Crippen LogP contribution is 2.25. The summed E-state index contributed by atoms with van der Waals surface area (Å²) in [6.07, 6.45) is -3.09. The lowest BCUT2D eigenvalue weighted by atomic mass is 10.2. The summed E-state index contributed by atoms with van der Waals surface area (Å²) < 4.78 is 36.4. The van der Waals surface area contributed by atoms with E-state index in [-0.39, 0.29) is 17.1 Å². The van der Waals surface area contributed by atoms with Gasteiger partial charge in [-0.25, -0.2) is 4.98 Å². The molecular formula is C9H9F3N4. The normalized spacial score (nSPS) is 10.9. The monoisotopic (exact) mass is 230 g/mol. The quantitative estimate of drug-likeness (QED) is 0.836. The van der Waals surface area contributed by atoms with Crippen molar-refractivity contribution in [3.05, 3.63) is 17.8 Å². The minimum absolute atomic E-state index is 0.0447. The van der Waals surface area contributed by atoms with E-state index in [0.717, 1.165) is 4.90 Å². The number of hydrogen-bond acceptors (Lipinski definition) is 4. The van der Waals surface area contributed by atoms with E-state index in [0.29, 0.717) is 0 Å². The second kappa shape index (κ2) is 4.26. The summed E-state index contributed by atoms with van der Waals surface area (Å²) in [6.45, 7) is -1.17. The van der Waals surface area contributed by atoms with Crippen LogP contribution in [0.15, 0.2) is 12.3 Å². The zero-order chi connectivity index (χ0) is 12.3. The van der Waals surface area contributed by atoms with E-state index in [1.54, 1.807) is 6.07 Å². The van der Waals surface area contributed by atoms with Crippen molar-refractivity contribution in [1.82, 2.24) is 4.98 Å². The van der Waals surface area contributed by atoms with Crippen LogP contribution in [0.5, 0.6) is 0 Å². The summed E-state index contributed by atoms with van der Waals surface area (Å²) in [6, 6.07) is 3.13. The fourth-order valence-corrected chi connectivity index (χ4v) is 1.21. The molecule has 0 atom stereocenters. The number of hydrogen-bond donors (Lipinski definition) is 1. The fraction of sp³-hybridized carbons (Fsp3) is 0.333. The average Bonchev–Trinajstić information content (AvgIpc) is 2.15. The maximum absolute atomic E-state index is 12.1. The van der Waals surface area contributed by atoms with Crippen LogP contribution in [0.3, 0.4) is 0 Å². The molecule has 0 aromatic carbocycles. The lowest BCUT2D eigenvalue weighted by molar-refractivity contribution is -0.119. The number of anilines is 2. The van der Waals surface area contributed by atoms with Crippen molar-refractivity contribution in [2.24, 2.45) is 0 Å². The first-order valence-electron chi connectivity index (χ1n) is 4.27. The van der Waals surface area contributed by atoms with E-state index in [4.69, 9.17) is 11.0 Å². The standard InChI is InChI=1S/C9H9F3N4/c1-16(5-9(10,11)12)8-7(14)6(4-13)2-3-15-8/h2-3H,5,14H2,1H3. The first kappa shape index (κ1) is 12.1. The van der Waals surface area contributed by atoms with Gasteiger partial charge in [0.15, 0.2) is 5.82 Å². The van der Waals surface area contributed by atoms with Gasteiger partial charge in [0.25, 0.3) is 0 Å². The van der Waals surface area contributed by atoms with Gasteiger partial charge in [-0.1, -0.05) is 0 Å². The molecule has 2 N–H and O–H groups in total. The van der Waals surface area contributed by atoms with Crippen LogP contribution in [0.25, 0.3) is 0 Å². The second-order valence-electron chi connectivity index (χ2n) is 3.18. The predicted octanol–water partition coefficient (Wildman–Crippen LogP) is 1.53. The lowest BCUT2D eigenvalue weighted by Crippen LogP contribution is -2.32. The highest BCUT2D eigenvalue weighted by Gasteiger charge is 2.30.